The number of likely N-dealkylation sites (tertiary alicyclic amines) is 1. The molecule has 29 heavy (non-hydrogen) atoms. The third-order valence-electron chi connectivity index (χ3n) is 5.50. The van der Waals surface area contributed by atoms with Crippen molar-refractivity contribution in [2.45, 2.75) is 32.0 Å². The highest BCUT2D eigenvalue weighted by molar-refractivity contribution is 5.63. The van der Waals surface area contributed by atoms with Gasteiger partial charge in [-0.2, -0.15) is 10.4 Å². The van der Waals surface area contributed by atoms with Gasteiger partial charge in [0.1, 0.15) is 5.69 Å². The second kappa shape index (κ2) is 8.18. The molecule has 1 aromatic heterocycles. The monoisotopic (exact) mass is 387 g/mol. The SMILES string of the molecule is Cc1ccc(-c2cc(C(O)N3CCC(N)CC3)nn2-c2ccc(C#N)cc2)cc1. The van der Waals surface area contributed by atoms with Crippen molar-refractivity contribution in [2.24, 2.45) is 5.73 Å². The van der Waals surface area contributed by atoms with E-state index in [1.807, 2.05) is 27.8 Å². The molecule has 2 heterocycles. The van der Waals surface area contributed by atoms with Crippen molar-refractivity contribution < 1.29 is 5.11 Å². The lowest BCUT2D eigenvalue weighted by atomic mass is 10.1. The number of aliphatic hydroxyl groups is 1. The normalized spacial score (nSPS) is 16.5. The number of nitrogens with zero attached hydrogens (tertiary/aromatic N) is 4. The summed E-state index contributed by atoms with van der Waals surface area (Å²) in [5, 5.41) is 24.8. The number of piperidine rings is 1. The molecule has 6 heteroatoms. The second-order valence-corrected chi connectivity index (χ2v) is 7.64. The molecule has 2 aromatic carbocycles. The first-order valence-electron chi connectivity index (χ1n) is 9.90. The third kappa shape index (κ3) is 4.08. The molecule has 1 atom stereocenters. The van der Waals surface area contributed by atoms with E-state index in [1.54, 1.807) is 12.1 Å². The Kier molecular flexibility index (Phi) is 5.45. The van der Waals surface area contributed by atoms with Crippen LogP contribution >= 0.6 is 0 Å². The zero-order valence-corrected chi connectivity index (χ0v) is 16.5. The summed E-state index contributed by atoms with van der Waals surface area (Å²) in [6.45, 7) is 3.57. The lowest BCUT2D eigenvalue weighted by Gasteiger charge is -2.32. The third-order valence-corrected chi connectivity index (χ3v) is 5.50. The van der Waals surface area contributed by atoms with Gasteiger partial charge in [0.15, 0.2) is 6.23 Å². The van der Waals surface area contributed by atoms with Crippen molar-refractivity contribution in [3.05, 3.63) is 71.4 Å². The maximum absolute atomic E-state index is 11.0. The topological polar surface area (TPSA) is 91.1 Å². The number of aryl methyl sites for hydroxylation is 1. The first-order chi connectivity index (χ1) is 14.0. The first kappa shape index (κ1) is 19.3. The summed E-state index contributed by atoms with van der Waals surface area (Å²) in [4.78, 5) is 2.02. The van der Waals surface area contributed by atoms with E-state index in [2.05, 4.69) is 37.3 Å². The molecule has 0 bridgehead atoms. The summed E-state index contributed by atoms with van der Waals surface area (Å²) < 4.78 is 1.83. The Morgan fingerprint density at radius 1 is 1.10 bits per heavy atom. The molecule has 0 amide bonds. The minimum atomic E-state index is -0.772. The molecule has 3 aromatic rings. The van der Waals surface area contributed by atoms with Gasteiger partial charge < -0.3 is 10.8 Å². The van der Waals surface area contributed by atoms with E-state index >= 15 is 0 Å². The summed E-state index contributed by atoms with van der Waals surface area (Å²) >= 11 is 0. The highest BCUT2D eigenvalue weighted by Gasteiger charge is 2.26. The molecule has 4 rings (SSSR count). The van der Waals surface area contributed by atoms with Crippen LogP contribution in [0.1, 0.15) is 35.9 Å². The quantitative estimate of drug-likeness (QED) is 0.718. The zero-order valence-electron chi connectivity index (χ0n) is 16.5. The van der Waals surface area contributed by atoms with Gasteiger partial charge in [0.05, 0.1) is 23.0 Å². The van der Waals surface area contributed by atoms with Gasteiger partial charge >= 0.3 is 0 Å². The van der Waals surface area contributed by atoms with Crippen LogP contribution in [0, 0.1) is 18.3 Å². The van der Waals surface area contributed by atoms with Crippen molar-refractivity contribution in [1.29, 1.82) is 5.26 Å². The van der Waals surface area contributed by atoms with Gasteiger partial charge in [-0.15, -0.1) is 0 Å². The van der Waals surface area contributed by atoms with Crippen LogP contribution in [0.5, 0.6) is 0 Å². The van der Waals surface area contributed by atoms with Crippen LogP contribution in [0.3, 0.4) is 0 Å². The van der Waals surface area contributed by atoms with Gasteiger partial charge in [-0.05, 0) is 50.1 Å². The first-order valence-corrected chi connectivity index (χ1v) is 9.90. The van der Waals surface area contributed by atoms with E-state index in [9.17, 15) is 5.11 Å². The molecule has 3 N–H and O–H groups in total. The lowest BCUT2D eigenvalue weighted by molar-refractivity contribution is -0.0158. The van der Waals surface area contributed by atoms with Crippen LogP contribution in [0.25, 0.3) is 16.9 Å². The molecular weight excluding hydrogens is 362 g/mol. The Labute approximate surface area is 170 Å². The minimum Gasteiger partial charge on any atom is -0.372 e. The van der Waals surface area contributed by atoms with Crippen LogP contribution < -0.4 is 5.73 Å². The van der Waals surface area contributed by atoms with Gasteiger partial charge in [0.2, 0.25) is 0 Å². The number of hydrogen-bond acceptors (Lipinski definition) is 5. The van der Waals surface area contributed by atoms with E-state index < -0.39 is 6.23 Å². The van der Waals surface area contributed by atoms with E-state index in [0.29, 0.717) is 11.3 Å². The molecule has 1 fully saturated rings. The van der Waals surface area contributed by atoms with Crippen LogP contribution in [0.15, 0.2) is 54.6 Å². The van der Waals surface area contributed by atoms with Gasteiger partial charge in [0, 0.05) is 24.7 Å². The molecule has 148 valence electrons. The van der Waals surface area contributed by atoms with Gasteiger partial charge in [0.25, 0.3) is 0 Å². The maximum Gasteiger partial charge on any atom is 0.152 e. The predicted octanol–water partition coefficient (Wildman–Crippen LogP) is 3.13. The summed E-state index contributed by atoms with van der Waals surface area (Å²) in [7, 11) is 0. The standard InChI is InChI=1S/C23H25N5O/c1-16-2-6-18(7-3-16)22-14-21(23(29)27-12-10-19(25)11-13-27)26-28(22)20-8-4-17(15-24)5-9-20/h2-9,14,19,23,29H,10-13,25H2,1H3. The minimum absolute atomic E-state index is 0.206. The summed E-state index contributed by atoms with van der Waals surface area (Å²) in [6.07, 6.45) is 0.975. The number of aliphatic hydroxyl groups excluding tert-OH is 1. The number of benzene rings is 2. The molecule has 1 saturated heterocycles. The fourth-order valence-corrected chi connectivity index (χ4v) is 3.68. The van der Waals surface area contributed by atoms with Crippen molar-refractivity contribution in [3.8, 4) is 23.0 Å². The van der Waals surface area contributed by atoms with Crippen molar-refractivity contribution in [2.75, 3.05) is 13.1 Å². The zero-order chi connectivity index (χ0) is 20.4. The van der Waals surface area contributed by atoms with Crippen molar-refractivity contribution >= 4 is 0 Å². The fraction of sp³-hybridized carbons (Fsp3) is 0.304. The molecule has 1 unspecified atom stereocenters. The Balaban J connectivity index is 1.73. The number of hydrogen-bond donors (Lipinski definition) is 2. The Morgan fingerprint density at radius 3 is 2.38 bits per heavy atom. The highest BCUT2D eigenvalue weighted by atomic mass is 16.3. The summed E-state index contributed by atoms with van der Waals surface area (Å²) in [5.41, 5.74) is 11.2. The summed E-state index contributed by atoms with van der Waals surface area (Å²) in [6, 6.07) is 19.8. The Bertz CT molecular complexity index is 1010. The van der Waals surface area contributed by atoms with E-state index in [0.717, 1.165) is 42.9 Å². The van der Waals surface area contributed by atoms with E-state index in [1.165, 1.54) is 5.56 Å². The Morgan fingerprint density at radius 2 is 1.76 bits per heavy atom. The van der Waals surface area contributed by atoms with Crippen molar-refractivity contribution in [1.82, 2.24) is 14.7 Å². The molecule has 0 saturated carbocycles. The van der Waals surface area contributed by atoms with Gasteiger partial charge in [-0.25, -0.2) is 4.68 Å². The molecular formula is C23H25N5O. The molecule has 1 aliphatic heterocycles. The molecule has 0 radical (unpaired) electrons. The predicted molar refractivity (Wildman–Crippen MR) is 112 cm³/mol. The van der Waals surface area contributed by atoms with E-state index in [-0.39, 0.29) is 6.04 Å². The molecule has 6 nitrogen and oxygen atoms in total. The van der Waals surface area contributed by atoms with Crippen LogP contribution in [0.2, 0.25) is 0 Å². The number of rotatable bonds is 4. The highest BCUT2D eigenvalue weighted by Crippen LogP contribution is 2.29. The smallest absolute Gasteiger partial charge is 0.152 e. The number of nitrogens with two attached hydrogens (primary N) is 1. The Hall–Kier alpha value is -2.98. The summed E-state index contributed by atoms with van der Waals surface area (Å²) in [5.74, 6) is 0. The van der Waals surface area contributed by atoms with Gasteiger partial charge in [-0.3, -0.25) is 4.90 Å². The lowest BCUT2D eigenvalue weighted by Crippen LogP contribution is -2.41. The van der Waals surface area contributed by atoms with Crippen LogP contribution in [0.4, 0.5) is 0 Å². The van der Waals surface area contributed by atoms with Crippen LogP contribution in [-0.4, -0.2) is 38.9 Å². The van der Waals surface area contributed by atoms with Gasteiger partial charge in [-0.1, -0.05) is 29.8 Å². The molecule has 0 spiro atoms. The maximum atomic E-state index is 11.0. The van der Waals surface area contributed by atoms with Crippen LogP contribution in [-0.2, 0) is 0 Å². The number of aromatic nitrogens is 2. The molecule has 0 aliphatic carbocycles. The van der Waals surface area contributed by atoms with Crippen molar-refractivity contribution in [3.63, 3.8) is 0 Å². The van der Waals surface area contributed by atoms with E-state index in [4.69, 9.17) is 16.1 Å². The second-order valence-electron chi connectivity index (χ2n) is 7.64. The molecule has 1 aliphatic rings. The number of nitriles is 1. The average Bonchev–Trinajstić information content (AvgIpc) is 3.20. The fourth-order valence-electron chi connectivity index (χ4n) is 3.68. The average molecular weight is 387 g/mol. The largest absolute Gasteiger partial charge is 0.372 e.